The molecular weight excluding hydrogens is 464 g/mol. The van der Waals surface area contributed by atoms with Gasteiger partial charge in [-0.05, 0) is 35.7 Å². The second-order valence-corrected chi connectivity index (χ2v) is 9.53. The summed E-state index contributed by atoms with van der Waals surface area (Å²) in [5, 5.41) is 1.83. The SMILES string of the molecule is O=C1c2ccccc2OC2C1C1(C=CCN1C(=O)c1ccccc1)C(=O)N2c1cccc2ccccc12. The zero-order chi connectivity index (χ0) is 25.1. The molecule has 4 aromatic carbocycles. The smallest absolute Gasteiger partial charge is 0.261 e. The summed E-state index contributed by atoms with van der Waals surface area (Å²) in [6.45, 7) is 0.223. The number of nitrogens with zero attached hydrogens (tertiary/aromatic N) is 2. The van der Waals surface area contributed by atoms with Crippen LogP contribution in [-0.4, -0.2) is 40.8 Å². The predicted molar refractivity (Wildman–Crippen MR) is 139 cm³/mol. The van der Waals surface area contributed by atoms with Gasteiger partial charge in [0.1, 0.15) is 11.7 Å². The van der Waals surface area contributed by atoms with E-state index in [1.807, 2.05) is 54.6 Å². The maximum absolute atomic E-state index is 14.6. The Kier molecular flexibility index (Phi) is 4.60. The lowest BCUT2D eigenvalue weighted by molar-refractivity contribution is -0.124. The van der Waals surface area contributed by atoms with Crippen LogP contribution in [0.1, 0.15) is 20.7 Å². The van der Waals surface area contributed by atoms with Crippen LogP contribution in [0.2, 0.25) is 0 Å². The molecule has 1 fully saturated rings. The van der Waals surface area contributed by atoms with Crippen LogP contribution in [-0.2, 0) is 4.79 Å². The largest absolute Gasteiger partial charge is 0.468 e. The topological polar surface area (TPSA) is 66.9 Å². The van der Waals surface area contributed by atoms with Crippen LogP contribution in [0.25, 0.3) is 10.8 Å². The van der Waals surface area contributed by atoms with Gasteiger partial charge >= 0.3 is 0 Å². The Bertz CT molecular complexity index is 1620. The Morgan fingerprint density at radius 1 is 0.838 bits per heavy atom. The number of Topliss-reactive ketones (excluding diaryl/α,β-unsaturated/α-hetero) is 1. The summed E-state index contributed by atoms with van der Waals surface area (Å²) in [5.41, 5.74) is 0.0277. The Morgan fingerprint density at radius 3 is 2.43 bits per heavy atom. The first kappa shape index (κ1) is 21.6. The van der Waals surface area contributed by atoms with Gasteiger partial charge in [0.2, 0.25) is 0 Å². The zero-order valence-corrected chi connectivity index (χ0v) is 19.8. The lowest BCUT2D eigenvalue weighted by Gasteiger charge is -2.38. The van der Waals surface area contributed by atoms with Crippen molar-refractivity contribution in [2.45, 2.75) is 11.8 Å². The minimum atomic E-state index is -1.50. The first-order valence-electron chi connectivity index (χ1n) is 12.3. The Morgan fingerprint density at radius 2 is 1.57 bits per heavy atom. The van der Waals surface area contributed by atoms with Crippen molar-refractivity contribution in [3.05, 3.63) is 120 Å². The van der Waals surface area contributed by atoms with Crippen LogP contribution in [0.15, 0.2) is 109 Å². The quantitative estimate of drug-likeness (QED) is 0.380. The Labute approximate surface area is 213 Å². The van der Waals surface area contributed by atoms with E-state index >= 15 is 0 Å². The van der Waals surface area contributed by atoms with Crippen LogP contribution in [0.4, 0.5) is 5.69 Å². The van der Waals surface area contributed by atoms with E-state index in [0.717, 1.165) is 10.8 Å². The fourth-order valence-electron chi connectivity index (χ4n) is 6.02. The van der Waals surface area contributed by atoms with Crippen molar-refractivity contribution in [2.24, 2.45) is 5.92 Å². The fourth-order valence-corrected chi connectivity index (χ4v) is 6.02. The number of ketones is 1. The van der Waals surface area contributed by atoms with Gasteiger partial charge in [0, 0.05) is 17.5 Å². The molecule has 0 aliphatic carbocycles. The molecule has 0 saturated carbocycles. The molecule has 37 heavy (non-hydrogen) atoms. The van der Waals surface area contributed by atoms with Gasteiger partial charge in [0.25, 0.3) is 11.8 Å². The monoisotopic (exact) mass is 486 g/mol. The van der Waals surface area contributed by atoms with Crippen molar-refractivity contribution in [2.75, 3.05) is 11.4 Å². The van der Waals surface area contributed by atoms with E-state index < -0.39 is 17.7 Å². The maximum atomic E-state index is 14.6. The van der Waals surface area contributed by atoms with E-state index in [2.05, 4.69) is 0 Å². The van der Waals surface area contributed by atoms with E-state index in [0.29, 0.717) is 22.6 Å². The molecule has 3 aliphatic heterocycles. The number of para-hydroxylation sites is 1. The van der Waals surface area contributed by atoms with Crippen molar-refractivity contribution in [3.8, 4) is 5.75 Å². The van der Waals surface area contributed by atoms with Gasteiger partial charge in [-0.15, -0.1) is 0 Å². The number of ether oxygens (including phenoxy) is 1. The van der Waals surface area contributed by atoms with Crippen LogP contribution < -0.4 is 9.64 Å². The highest BCUT2D eigenvalue weighted by Gasteiger charge is 2.68. The molecule has 3 aliphatic rings. The van der Waals surface area contributed by atoms with Crippen molar-refractivity contribution in [1.29, 1.82) is 0 Å². The van der Waals surface area contributed by atoms with Crippen molar-refractivity contribution < 1.29 is 19.1 Å². The molecule has 6 nitrogen and oxygen atoms in total. The van der Waals surface area contributed by atoms with Crippen LogP contribution >= 0.6 is 0 Å². The molecule has 3 atom stereocenters. The third kappa shape index (κ3) is 2.90. The molecule has 0 N–H and O–H groups in total. The molecule has 4 aromatic rings. The normalized spacial score (nSPS) is 23.9. The molecule has 0 bridgehead atoms. The summed E-state index contributed by atoms with van der Waals surface area (Å²) in [6, 6.07) is 29.5. The third-order valence-corrected chi connectivity index (χ3v) is 7.66. The number of fused-ring (bicyclic) bond motifs is 4. The van der Waals surface area contributed by atoms with Gasteiger partial charge in [-0.25, -0.2) is 0 Å². The van der Waals surface area contributed by atoms with Crippen molar-refractivity contribution in [1.82, 2.24) is 4.90 Å². The third-order valence-electron chi connectivity index (χ3n) is 7.66. The van der Waals surface area contributed by atoms with Gasteiger partial charge in [0.15, 0.2) is 17.6 Å². The van der Waals surface area contributed by atoms with E-state index in [1.54, 1.807) is 59.5 Å². The number of carbonyl (C=O) groups excluding carboxylic acids is 3. The van der Waals surface area contributed by atoms with E-state index in [1.165, 1.54) is 4.90 Å². The standard InChI is InChI=1S/C31H22N2O4/c34-27-23-15-6-7-17-25(23)37-29-26(27)31(18-9-19-32(31)28(35)21-11-2-1-3-12-21)30(36)33(29)24-16-8-13-20-10-4-5-14-22(20)24/h1-18,26,29H,19H2. The second-order valence-electron chi connectivity index (χ2n) is 9.53. The number of benzene rings is 4. The molecule has 3 heterocycles. The summed E-state index contributed by atoms with van der Waals surface area (Å²) in [7, 11) is 0. The number of amides is 2. The summed E-state index contributed by atoms with van der Waals surface area (Å²) >= 11 is 0. The van der Waals surface area contributed by atoms with Gasteiger partial charge < -0.3 is 9.64 Å². The van der Waals surface area contributed by atoms with Crippen molar-refractivity contribution in [3.63, 3.8) is 0 Å². The molecule has 180 valence electrons. The van der Waals surface area contributed by atoms with Crippen LogP contribution in [0.3, 0.4) is 0 Å². The first-order valence-corrected chi connectivity index (χ1v) is 12.3. The molecule has 0 aromatic heterocycles. The van der Waals surface area contributed by atoms with Crippen LogP contribution in [0, 0.1) is 5.92 Å². The van der Waals surface area contributed by atoms with Gasteiger partial charge in [0.05, 0.1) is 11.3 Å². The van der Waals surface area contributed by atoms with E-state index in [9.17, 15) is 14.4 Å². The number of hydrogen-bond acceptors (Lipinski definition) is 4. The molecular formula is C31H22N2O4. The number of carbonyl (C=O) groups is 3. The average Bonchev–Trinajstić information content (AvgIpc) is 3.48. The molecule has 0 radical (unpaired) electrons. The Hall–Kier alpha value is -4.71. The number of hydrogen-bond donors (Lipinski definition) is 0. The summed E-state index contributed by atoms with van der Waals surface area (Å²) in [5.74, 6) is -1.35. The number of anilines is 1. The molecule has 6 heteroatoms. The summed E-state index contributed by atoms with van der Waals surface area (Å²) < 4.78 is 6.45. The van der Waals surface area contributed by atoms with E-state index in [-0.39, 0.29) is 24.1 Å². The highest BCUT2D eigenvalue weighted by atomic mass is 16.5. The number of rotatable bonds is 2. The molecule has 3 unspecified atom stereocenters. The van der Waals surface area contributed by atoms with Gasteiger partial charge in [-0.1, -0.05) is 78.9 Å². The highest BCUT2D eigenvalue weighted by Crippen LogP contribution is 2.51. The summed E-state index contributed by atoms with van der Waals surface area (Å²) in [6.07, 6.45) is 2.62. The maximum Gasteiger partial charge on any atom is 0.261 e. The zero-order valence-electron chi connectivity index (χ0n) is 19.8. The van der Waals surface area contributed by atoms with E-state index in [4.69, 9.17) is 4.74 Å². The van der Waals surface area contributed by atoms with Gasteiger partial charge in [-0.2, -0.15) is 0 Å². The average molecular weight is 487 g/mol. The molecule has 1 spiro atoms. The molecule has 1 saturated heterocycles. The molecule has 7 rings (SSSR count). The molecule has 2 amide bonds. The summed E-state index contributed by atoms with van der Waals surface area (Å²) in [4.78, 5) is 45.7. The highest BCUT2D eigenvalue weighted by molar-refractivity contribution is 6.18. The van der Waals surface area contributed by atoms with Crippen molar-refractivity contribution >= 4 is 34.1 Å². The predicted octanol–water partition coefficient (Wildman–Crippen LogP) is 4.86. The second kappa shape index (κ2) is 7.90. The van der Waals surface area contributed by atoms with Crippen LogP contribution in [0.5, 0.6) is 5.75 Å². The first-order chi connectivity index (χ1) is 18.1. The fraction of sp³-hybridized carbons (Fsp3) is 0.129. The minimum absolute atomic E-state index is 0.208. The lowest BCUT2D eigenvalue weighted by atomic mass is 9.78. The Balaban J connectivity index is 1.45. The van der Waals surface area contributed by atoms with Gasteiger partial charge in [-0.3, -0.25) is 19.3 Å². The minimum Gasteiger partial charge on any atom is -0.468 e. The lowest BCUT2D eigenvalue weighted by Crippen LogP contribution is -2.58.